The first-order valence-corrected chi connectivity index (χ1v) is 8.67. The van der Waals surface area contributed by atoms with Crippen LogP contribution < -0.4 is 5.32 Å². The molecule has 2 nitrogen and oxygen atoms in total. The number of rotatable bonds is 4. The maximum absolute atomic E-state index is 3.72. The molecule has 1 unspecified atom stereocenters. The van der Waals surface area contributed by atoms with Gasteiger partial charge in [0.15, 0.2) is 0 Å². The minimum absolute atomic E-state index is 0.233. The molecule has 0 spiro atoms. The zero-order chi connectivity index (χ0) is 14.8. The lowest BCUT2D eigenvalue weighted by Crippen LogP contribution is -2.61. The highest BCUT2D eigenvalue weighted by atomic mass is 127. The third-order valence-electron chi connectivity index (χ3n) is 4.16. The lowest BCUT2D eigenvalue weighted by atomic mass is 9.93. The maximum Gasteiger partial charge on any atom is 0.0281 e. The van der Waals surface area contributed by atoms with E-state index in [4.69, 9.17) is 0 Å². The quantitative estimate of drug-likeness (QED) is 0.790. The third-order valence-corrected chi connectivity index (χ3v) is 4.88. The minimum Gasteiger partial charge on any atom is -0.311 e. The van der Waals surface area contributed by atoms with E-state index in [9.17, 15) is 0 Å². The number of nitrogens with one attached hydrogen (secondary N) is 1. The molecule has 2 rings (SSSR count). The van der Waals surface area contributed by atoms with Gasteiger partial charge in [-0.3, -0.25) is 4.90 Å². The Kier molecular flexibility index (Phi) is 5.49. The lowest BCUT2D eigenvalue weighted by molar-refractivity contribution is 0.0536. The van der Waals surface area contributed by atoms with E-state index in [2.05, 4.69) is 84.8 Å². The molecule has 1 N–H and O–H groups in total. The van der Waals surface area contributed by atoms with Gasteiger partial charge in [-0.1, -0.05) is 26.0 Å². The molecule has 1 fully saturated rings. The molecule has 112 valence electrons. The van der Waals surface area contributed by atoms with Crippen LogP contribution in [0.1, 0.15) is 39.7 Å². The Morgan fingerprint density at radius 3 is 2.55 bits per heavy atom. The SMILES string of the molecule is CC(C)CC1CN(Cc2ccc(I)cc2)C(C)(C)CN1. The molecule has 1 aromatic carbocycles. The van der Waals surface area contributed by atoms with Crippen molar-refractivity contribution in [1.82, 2.24) is 10.2 Å². The first-order chi connectivity index (χ1) is 9.37. The zero-order valence-corrected chi connectivity index (χ0v) is 15.3. The van der Waals surface area contributed by atoms with E-state index in [1.807, 2.05) is 0 Å². The average Bonchev–Trinajstić information content (AvgIpc) is 2.36. The normalized spacial score (nSPS) is 23.2. The van der Waals surface area contributed by atoms with Crippen molar-refractivity contribution in [2.24, 2.45) is 5.92 Å². The van der Waals surface area contributed by atoms with Gasteiger partial charge >= 0.3 is 0 Å². The Bertz CT molecular complexity index is 425. The van der Waals surface area contributed by atoms with Crippen molar-refractivity contribution in [3.05, 3.63) is 33.4 Å². The minimum atomic E-state index is 0.233. The number of nitrogens with zero attached hydrogens (tertiary/aromatic N) is 1. The van der Waals surface area contributed by atoms with E-state index in [-0.39, 0.29) is 5.54 Å². The van der Waals surface area contributed by atoms with Crippen LogP contribution in [0.2, 0.25) is 0 Å². The summed E-state index contributed by atoms with van der Waals surface area (Å²) in [4.78, 5) is 2.64. The molecule has 20 heavy (non-hydrogen) atoms. The van der Waals surface area contributed by atoms with E-state index in [1.54, 1.807) is 0 Å². The van der Waals surface area contributed by atoms with Gasteiger partial charge in [-0.15, -0.1) is 0 Å². The van der Waals surface area contributed by atoms with Gasteiger partial charge in [0, 0.05) is 34.8 Å². The Balaban J connectivity index is 2.04. The molecule has 1 aliphatic heterocycles. The van der Waals surface area contributed by atoms with Crippen LogP contribution >= 0.6 is 22.6 Å². The van der Waals surface area contributed by atoms with Crippen LogP contribution in [0.25, 0.3) is 0 Å². The molecule has 0 radical (unpaired) electrons. The van der Waals surface area contributed by atoms with Gasteiger partial charge in [0.2, 0.25) is 0 Å². The predicted octanol–water partition coefficient (Wildman–Crippen LogP) is 3.89. The van der Waals surface area contributed by atoms with E-state index in [0.717, 1.165) is 25.6 Å². The fourth-order valence-electron chi connectivity index (χ4n) is 2.90. The van der Waals surface area contributed by atoms with Crippen molar-refractivity contribution in [2.75, 3.05) is 13.1 Å². The second-order valence-corrected chi connectivity index (χ2v) is 8.27. The second-order valence-electron chi connectivity index (χ2n) is 7.03. The van der Waals surface area contributed by atoms with Gasteiger partial charge in [0.25, 0.3) is 0 Å². The summed E-state index contributed by atoms with van der Waals surface area (Å²) in [6, 6.07) is 9.56. The summed E-state index contributed by atoms with van der Waals surface area (Å²) < 4.78 is 1.31. The van der Waals surface area contributed by atoms with Crippen molar-refractivity contribution in [2.45, 2.75) is 52.2 Å². The first-order valence-electron chi connectivity index (χ1n) is 7.60. The highest BCUT2D eigenvalue weighted by Crippen LogP contribution is 2.23. The number of hydrogen-bond donors (Lipinski definition) is 1. The molecule has 0 saturated carbocycles. The zero-order valence-electron chi connectivity index (χ0n) is 13.1. The molecule has 0 aliphatic carbocycles. The monoisotopic (exact) mass is 386 g/mol. The highest BCUT2D eigenvalue weighted by molar-refractivity contribution is 14.1. The molecular formula is C17H27IN2. The van der Waals surface area contributed by atoms with Crippen molar-refractivity contribution < 1.29 is 0 Å². The summed E-state index contributed by atoms with van der Waals surface area (Å²) in [6.07, 6.45) is 1.26. The van der Waals surface area contributed by atoms with Gasteiger partial charge in [0.1, 0.15) is 0 Å². The summed E-state index contributed by atoms with van der Waals surface area (Å²) in [5, 5.41) is 3.72. The van der Waals surface area contributed by atoms with E-state index >= 15 is 0 Å². The van der Waals surface area contributed by atoms with Gasteiger partial charge in [-0.05, 0) is 66.5 Å². The Morgan fingerprint density at radius 1 is 1.30 bits per heavy atom. The Morgan fingerprint density at radius 2 is 1.95 bits per heavy atom. The lowest BCUT2D eigenvalue weighted by Gasteiger charge is -2.46. The number of hydrogen-bond acceptors (Lipinski definition) is 2. The van der Waals surface area contributed by atoms with Gasteiger partial charge in [-0.2, -0.15) is 0 Å². The molecule has 1 heterocycles. The van der Waals surface area contributed by atoms with E-state index in [0.29, 0.717) is 6.04 Å². The van der Waals surface area contributed by atoms with Crippen molar-refractivity contribution in [3.63, 3.8) is 0 Å². The molecule has 1 aromatic rings. The Hall–Kier alpha value is -0.130. The molecule has 1 atom stereocenters. The molecular weight excluding hydrogens is 359 g/mol. The Labute approximate surface area is 137 Å². The van der Waals surface area contributed by atoms with Gasteiger partial charge in [0.05, 0.1) is 0 Å². The average molecular weight is 386 g/mol. The van der Waals surface area contributed by atoms with Crippen LogP contribution in [0.4, 0.5) is 0 Å². The van der Waals surface area contributed by atoms with Crippen molar-refractivity contribution in [3.8, 4) is 0 Å². The van der Waals surface area contributed by atoms with Crippen LogP contribution in [0, 0.1) is 9.49 Å². The molecule has 1 saturated heterocycles. The summed E-state index contributed by atoms with van der Waals surface area (Å²) >= 11 is 2.37. The number of benzene rings is 1. The van der Waals surface area contributed by atoms with Crippen LogP contribution in [0.3, 0.4) is 0 Å². The van der Waals surface area contributed by atoms with Crippen LogP contribution in [-0.2, 0) is 6.54 Å². The van der Waals surface area contributed by atoms with Gasteiger partial charge < -0.3 is 5.32 Å². The highest BCUT2D eigenvalue weighted by Gasteiger charge is 2.33. The standard InChI is InChI=1S/C17H27IN2/c1-13(2)9-16-11-20(17(3,4)12-19-16)10-14-5-7-15(18)8-6-14/h5-8,13,16,19H,9-12H2,1-4H3. The van der Waals surface area contributed by atoms with Crippen molar-refractivity contribution in [1.29, 1.82) is 0 Å². The van der Waals surface area contributed by atoms with E-state index < -0.39 is 0 Å². The smallest absolute Gasteiger partial charge is 0.0281 e. The van der Waals surface area contributed by atoms with Crippen LogP contribution in [-0.4, -0.2) is 29.6 Å². The van der Waals surface area contributed by atoms with E-state index in [1.165, 1.54) is 15.6 Å². The predicted molar refractivity (Wildman–Crippen MR) is 94.9 cm³/mol. The fourth-order valence-corrected chi connectivity index (χ4v) is 3.26. The van der Waals surface area contributed by atoms with Crippen LogP contribution in [0.5, 0.6) is 0 Å². The maximum atomic E-state index is 3.72. The molecule has 0 aromatic heterocycles. The van der Waals surface area contributed by atoms with Gasteiger partial charge in [-0.25, -0.2) is 0 Å². The largest absolute Gasteiger partial charge is 0.311 e. The molecule has 1 aliphatic rings. The van der Waals surface area contributed by atoms with Crippen molar-refractivity contribution >= 4 is 22.6 Å². The summed E-state index contributed by atoms with van der Waals surface area (Å²) in [6.45, 7) is 12.6. The molecule has 0 bridgehead atoms. The third kappa shape index (κ3) is 4.43. The molecule has 0 amide bonds. The fraction of sp³-hybridized carbons (Fsp3) is 0.647. The first kappa shape index (κ1) is 16.2. The number of halogens is 1. The summed E-state index contributed by atoms with van der Waals surface area (Å²) in [5.41, 5.74) is 1.65. The number of piperazine rings is 1. The molecule has 3 heteroatoms. The second kappa shape index (κ2) is 6.75. The summed E-state index contributed by atoms with van der Waals surface area (Å²) in [7, 11) is 0. The topological polar surface area (TPSA) is 15.3 Å². The summed E-state index contributed by atoms with van der Waals surface area (Å²) in [5.74, 6) is 0.758. The van der Waals surface area contributed by atoms with Crippen LogP contribution in [0.15, 0.2) is 24.3 Å².